The van der Waals surface area contributed by atoms with Crippen LogP contribution < -0.4 is 5.32 Å². The van der Waals surface area contributed by atoms with Crippen molar-refractivity contribution in [3.05, 3.63) is 0 Å². The SMILES string of the molecule is CC(C)[C@H](NC(=O)OC(Cl)(Cl)CCl)C(=O)O. The van der Waals surface area contributed by atoms with Crippen molar-refractivity contribution >= 4 is 46.9 Å². The number of ether oxygens (including phenoxy) is 1. The zero-order valence-electron chi connectivity index (χ0n) is 8.67. The van der Waals surface area contributed by atoms with Gasteiger partial charge in [-0.05, 0) is 5.92 Å². The first kappa shape index (κ1) is 15.6. The van der Waals surface area contributed by atoms with Gasteiger partial charge in [0.05, 0.1) is 5.88 Å². The van der Waals surface area contributed by atoms with Crippen molar-refractivity contribution < 1.29 is 19.4 Å². The van der Waals surface area contributed by atoms with E-state index in [1.165, 1.54) is 0 Å². The number of carboxylic acid groups (broad SMARTS) is 1. The molecule has 0 aliphatic carbocycles. The van der Waals surface area contributed by atoms with Gasteiger partial charge in [0.15, 0.2) is 0 Å². The highest BCUT2D eigenvalue weighted by molar-refractivity contribution is 6.50. The molecule has 0 spiro atoms. The Labute approximate surface area is 108 Å². The van der Waals surface area contributed by atoms with Crippen LogP contribution in [0, 0.1) is 5.92 Å². The van der Waals surface area contributed by atoms with Crippen LogP contribution in [-0.2, 0) is 9.53 Å². The molecule has 16 heavy (non-hydrogen) atoms. The molecule has 0 aromatic heterocycles. The average molecular weight is 293 g/mol. The Hall–Kier alpha value is -0.390. The number of carboxylic acids is 1. The molecule has 0 rings (SSSR count). The van der Waals surface area contributed by atoms with E-state index < -0.39 is 22.6 Å². The predicted molar refractivity (Wildman–Crippen MR) is 61.0 cm³/mol. The topological polar surface area (TPSA) is 75.6 Å². The summed E-state index contributed by atoms with van der Waals surface area (Å²) < 4.78 is 2.63. The molecular weight excluding hydrogens is 280 g/mol. The molecule has 8 heteroatoms. The Kier molecular flexibility index (Phi) is 6.22. The molecule has 1 amide bonds. The number of nitrogens with one attached hydrogen (secondary N) is 1. The highest BCUT2D eigenvalue weighted by Crippen LogP contribution is 2.24. The minimum Gasteiger partial charge on any atom is -0.480 e. The van der Waals surface area contributed by atoms with Crippen molar-refractivity contribution in [1.82, 2.24) is 5.32 Å². The van der Waals surface area contributed by atoms with Gasteiger partial charge in [-0.2, -0.15) is 0 Å². The molecule has 1 atom stereocenters. The number of rotatable bonds is 5. The second-order valence-electron chi connectivity index (χ2n) is 3.36. The van der Waals surface area contributed by atoms with Gasteiger partial charge in [0.1, 0.15) is 6.04 Å². The van der Waals surface area contributed by atoms with Gasteiger partial charge in [-0.25, -0.2) is 9.59 Å². The van der Waals surface area contributed by atoms with Crippen molar-refractivity contribution in [2.24, 2.45) is 5.92 Å². The third-order valence-corrected chi connectivity index (χ3v) is 2.68. The van der Waals surface area contributed by atoms with Gasteiger partial charge >= 0.3 is 12.1 Å². The van der Waals surface area contributed by atoms with Crippen LogP contribution in [0.15, 0.2) is 0 Å². The number of amides is 1. The number of halogens is 3. The lowest BCUT2D eigenvalue weighted by Gasteiger charge is -2.21. The lowest BCUT2D eigenvalue weighted by Crippen LogP contribution is -2.46. The average Bonchev–Trinajstić information content (AvgIpc) is 2.12. The van der Waals surface area contributed by atoms with Crippen molar-refractivity contribution in [3.8, 4) is 0 Å². The summed E-state index contributed by atoms with van der Waals surface area (Å²) in [5.74, 6) is -1.81. The zero-order chi connectivity index (χ0) is 12.9. The van der Waals surface area contributed by atoms with Gasteiger partial charge in [0, 0.05) is 0 Å². The predicted octanol–water partition coefficient (Wildman–Crippen LogP) is 2.19. The minimum atomic E-state index is -1.87. The van der Waals surface area contributed by atoms with E-state index in [0.29, 0.717) is 0 Å². The number of hydrogen-bond acceptors (Lipinski definition) is 3. The van der Waals surface area contributed by atoms with E-state index in [1.54, 1.807) is 13.8 Å². The van der Waals surface area contributed by atoms with Crippen LogP contribution in [0.25, 0.3) is 0 Å². The van der Waals surface area contributed by atoms with Crippen LogP contribution in [0.3, 0.4) is 0 Å². The molecule has 94 valence electrons. The molecule has 0 aliphatic rings. The van der Waals surface area contributed by atoms with Gasteiger partial charge in [-0.15, -0.1) is 11.6 Å². The standard InChI is InChI=1S/C8H12Cl3NO4/c1-4(2)5(6(13)14)12-7(15)16-8(10,11)3-9/h4-5H,3H2,1-2H3,(H,12,15)(H,13,14)/t5-/m0/s1. The van der Waals surface area contributed by atoms with Crippen LogP contribution in [0.1, 0.15) is 13.8 Å². The maximum atomic E-state index is 11.2. The summed E-state index contributed by atoms with van der Waals surface area (Å²) in [4.78, 5) is 22.0. The lowest BCUT2D eigenvalue weighted by molar-refractivity contribution is -0.140. The Balaban J connectivity index is 4.37. The van der Waals surface area contributed by atoms with Crippen LogP contribution in [0.2, 0.25) is 0 Å². The largest absolute Gasteiger partial charge is 0.480 e. The van der Waals surface area contributed by atoms with E-state index in [0.717, 1.165) is 0 Å². The van der Waals surface area contributed by atoms with Gasteiger partial charge in [0.2, 0.25) is 0 Å². The Morgan fingerprint density at radius 3 is 2.25 bits per heavy atom. The summed E-state index contributed by atoms with van der Waals surface area (Å²) in [7, 11) is 0. The van der Waals surface area contributed by atoms with Crippen LogP contribution in [0.4, 0.5) is 4.79 Å². The van der Waals surface area contributed by atoms with E-state index in [9.17, 15) is 9.59 Å². The van der Waals surface area contributed by atoms with Crippen molar-refractivity contribution in [1.29, 1.82) is 0 Å². The minimum absolute atomic E-state index is 0.305. The fourth-order valence-electron chi connectivity index (χ4n) is 0.833. The Morgan fingerprint density at radius 2 is 1.94 bits per heavy atom. The fraction of sp³-hybridized carbons (Fsp3) is 0.750. The number of aliphatic carboxylic acids is 1. The third kappa shape index (κ3) is 5.63. The first-order valence-corrected chi connectivity index (χ1v) is 5.64. The second kappa shape index (κ2) is 6.37. The molecular formula is C8H12Cl3NO4. The number of alkyl halides is 3. The van der Waals surface area contributed by atoms with Crippen LogP contribution in [-0.4, -0.2) is 33.6 Å². The summed E-state index contributed by atoms with van der Waals surface area (Å²) in [5.41, 5.74) is 0. The fourth-order valence-corrected chi connectivity index (χ4v) is 1.03. The van der Waals surface area contributed by atoms with Crippen molar-refractivity contribution in [2.75, 3.05) is 5.88 Å². The molecule has 0 saturated carbocycles. The van der Waals surface area contributed by atoms with E-state index >= 15 is 0 Å². The highest BCUT2D eigenvalue weighted by atomic mass is 35.5. The molecule has 5 nitrogen and oxygen atoms in total. The number of carbonyl (C=O) groups is 2. The third-order valence-electron chi connectivity index (χ3n) is 1.60. The second-order valence-corrected chi connectivity index (χ2v) is 5.05. The van der Waals surface area contributed by atoms with Crippen molar-refractivity contribution in [2.45, 2.75) is 24.4 Å². The highest BCUT2D eigenvalue weighted by Gasteiger charge is 2.31. The molecule has 0 aromatic rings. The molecule has 0 heterocycles. The molecule has 0 aliphatic heterocycles. The Morgan fingerprint density at radius 1 is 1.44 bits per heavy atom. The van der Waals surface area contributed by atoms with Gasteiger partial charge in [-0.1, -0.05) is 37.0 Å². The Bertz CT molecular complexity index is 270. The first-order valence-electron chi connectivity index (χ1n) is 4.35. The smallest absolute Gasteiger partial charge is 0.410 e. The molecule has 2 N–H and O–H groups in total. The quantitative estimate of drug-likeness (QED) is 0.762. The summed E-state index contributed by atoms with van der Waals surface area (Å²) in [5, 5.41) is 10.9. The summed E-state index contributed by atoms with van der Waals surface area (Å²) in [6.07, 6.45) is -1.04. The number of hydrogen-bond donors (Lipinski definition) is 2. The maximum absolute atomic E-state index is 11.2. The summed E-state index contributed by atoms with van der Waals surface area (Å²) >= 11 is 16.2. The lowest BCUT2D eigenvalue weighted by atomic mass is 10.1. The first-order chi connectivity index (χ1) is 7.19. The van der Waals surface area contributed by atoms with E-state index in [2.05, 4.69) is 10.1 Å². The molecule has 0 aromatic carbocycles. The van der Waals surface area contributed by atoms with E-state index in [-0.39, 0.29) is 11.8 Å². The van der Waals surface area contributed by atoms with Gasteiger partial charge < -0.3 is 15.2 Å². The zero-order valence-corrected chi connectivity index (χ0v) is 10.9. The number of alkyl carbamates (subject to hydrolysis) is 1. The molecule has 0 radical (unpaired) electrons. The van der Waals surface area contributed by atoms with Crippen LogP contribution in [0.5, 0.6) is 0 Å². The van der Waals surface area contributed by atoms with Crippen molar-refractivity contribution in [3.63, 3.8) is 0 Å². The maximum Gasteiger partial charge on any atom is 0.410 e. The van der Waals surface area contributed by atoms with Gasteiger partial charge in [-0.3, -0.25) is 0 Å². The molecule has 0 saturated heterocycles. The molecule has 0 unspecified atom stereocenters. The molecule has 0 fully saturated rings. The van der Waals surface area contributed by atoms with E-state index in [4.69, 9.17) is 39.9 Å². The van der Waals surface area contributed by atoms with Crippen LogP contribution >= 0.6 is 34.8 Å². The van der Waals surface area contributed by atoms with E-state index in [1.807, 2.05) is 0 Å². The number of carbonyl (C=O) groups excluding carboxylic acids is 1. The van der Waals surface area contributed by atoms with Gasteiger partial charge in [0.25, 0.3) is 4.52 Å². The monoisotopic (exact) mass is 291 g/mol. The summed E-state index contributed by atoms with van der Waals surface area (Å²) in [6.45, 7) is 3.27. The normalized spacial score (nSPS) is 13.4. The molecule has 0 bridgehead atoms. The summed E-state index contributed by atoms with van der Waals surface area (Å²) in [6, 6.07) is -1.08.